The summed E-state index contributed by atoms with van der Waals surface area (Å²) in [6.45, 7) is 10.5. The summed E-state index contributed by atoms with van der Waals surface area (Å²) in [6, 6.07) is 9.14. The summed E-state index contributed by atoms with van der Waals surface area (Å²) in [5.41, 5.74) is 2.83. The van der Waals surface area contributed by atoms with E-state index in [2.05, 4.69) is 53.2 Å². The Morgan fingerprint density at radius 1 is 1.21 bits per heavy atom. The summed E-state index contributed by atoms with van der Waals surface area (Å²) in [7, 11) is 0. The number of aliphatic imine (C=N–C) groups is 1. The number of hydrogen-bond donors (Lipinski definition) is 1. The summed E-state index contributed by atoms with van der Waals surface area (Å²) in [5, 5.41) is 3.49. The first-order valence-corrected chi connectivity index (χ1v) is 10.9. The third-order valence-electron chi connectivity index (χ3n) is 6.07. The number of rotatable bonds is 5. The number of ether oxygens (including phenoxy) is 2. The van der Waals surface area contributed by atoms with Gasteiger partial charge in [0.25, 0.3) is 0 Å². The molecule has 0 aliphatic carbocycles. The van der Waals surface area contributed by atoms with Crippen LogP contribution in [0.5, 0.6) is 0 Å². The smallest absolute Gasteiger partial charge is 0.194 e. The number of halogens is 1. The Morgan fingerprint density at radius 2 is 2.03 bits per heavy atom. The van der Waals surface area contributed by atoms with Crippen molar-refractivity contribution < 1.29 is 9.47 Å². The molecule has 0 saturated carbocycles. The van der Waals surface area contributed by atoms with Crippen molar-refractivity contribution in [3.05, 3.63) is 29.8 Å². The van der Waals surface area contributed by atoms with Gasteiger partial charge in [0.2, 0.25) is 0 Å². The molecule has 0 radical (unpaired) electrons. The van der Waals surface area contributed by atoms with E-state index in [1.165, 1.54) is 11.3 Å². The van der Waals surface area contributed by atoms with Gasteiger partial charge in [0.1, 0.15) is 6.10 Å². The van der Waals surface area contributed by atoms with E-state index in [0.29, 0.717) is 6.04 Å². The average molecular weight is 514 g/mol. The number of benzene rings is 1. The Bertz CT molecular complexity index is 681. The van der Waals surface area contributed by atoms with Crippen LogP contribution in [0.4, 0.5) is 5.69 Å². The van der Waals surface area contributed by atoms with Gasteiger partial charge < -0.3 is 24.6 Å². The zero-order chi connectivity index (χ0) is 19.3. The van der Waals surface area contributed by atoms with Crippen molar-refractivity contribution >= 4 is 35.6 Å². The van der Waals surface area contributed by atoms with Gasteiger partial charge in [-0.25, -0.2) is 0 Å². The lowest BCUT2D eigenvalue weighted by Crippen LogP contribution is -2.53. The zero-order valence-corrected chi connectivity index (χ0v) is 20.0. The first kappa shape index (κ1) is 22.6. The van der Waals surface area contributed by atoms with Gasteiger partial charge in [-0.05, 0) is 44.7 Å². The highest BCUT2D eigenvalue weighted by molar-refractivity contribution is 14.0. The van der Waals surface area contributed by atoms with E-state index in [-0.39, 0.29) is 36.2 Å². The molecule has 0 bridgehead atoms. The largest absolute Gasteiger partial charge is 0.375 e. The van der Waals surface area contributed by atoms with Crippen LogP contribution in [0.15, 0.2) is 29.3 Å². The first-order valence-electron chi connectivity index (χ1n) is 10.9. The second-order valence-corrected chi connectivity index (χ2v) is 8.02. The van der Waals surface area contributed by atoms with Gasteiger partial charge in [0.15, 0.2) is 5.96 Å². The minimum Gasteiger partial charge on any atom is -0.375 e. The number of nitrogens with zero attached hydrogens (tertiary/aromatic N) is 3. The molecule has 3 heterocycles. The lowest BCUT2D eigenvalue weighted by Gasteiger charge is -2.37. The van der Waals surface area contributed by atoms with Crippen molar-refractivity contribution in [2.24, 2.45) is 4.99 Å². The number of guanidine groups is 1. The van der Waals surface area contributed by atoms with Crippen molar-refractivity contribution in [3.8, 4) is 0 Å². The Hall–Kier alpha value is -1.06. The van der Waals surface area contributed by atoms with Crippen LogP contribution < -0.4 is 10.2 Å². The summed E-state index contributed by atoms with van der Waals surface area (Å²) < 4.78 is 11.9. The second-order valence-electron chi connectivity index (χ2n) is 8.02. The van der Waals surface area contributed by atoms with Crippen molar-refractivity contribution in [1.82, 2.24) is 10.2 Å². The molecular formula is C22H35IN4O2. The normalized spacial score (nSPS) is 25.5. The minimum atomic E-state index is 0. The fraction of sp³-hybridized carbons (Fsp3) is 0.682. The number of morpholine rings is 1. The number of nitrogens with one attached hydrogen (secondary N) is 1. The third-order valence-corrected chi connectivity index (χ3v) is 6.07. The monoisotopic (exact) mass is 514 g/mol. The average Bonchev–Trinajstić information content (AvgIpc) is 3.41. The maximum atomic E-state index is 6.01. The van der Waals surface area contributed by atoms with E-state index in [9.17, 15) is 0 Å². The molecule has 3 unspecified atom stereocenters. The highest BCUT2D eigenvalue weighted by Crippen LogP contribution is 2.29. The van der Waals surface area contributed by atoms with Crippen LogP contribution in [0.2, 0.25) is 0 Å². The molecule has 7 heteroatoms. The van der Waals surface area contributed by atoms with Gasteiger partial charge >= 0.3 is 0 Å². The first-order chi connectivity index (χ1) is 13.8. The van der Waals surface area contributed by atoms with E-state index in [0.717, 1.165) is 71.2 Å². The molecule has 29 heavy (non-hydrogen) atoms. The van der Waals surface area contributed by atoms with Crippen molar-refractivity contribution in [3.63, 3.8) is 0 Å². The van der Waals surface area contributed by atoms with E-state index >= 15 is 0 Å². The molecule has 3 aliphatic heterocycles. The molecule has 3 aliphatic rings. The summed E-state index contributed by atoms with van der Waals surface area (Å²) in [6.07, 6.45) is 3.79. The molecule has 3 atom stereocenters. The van der Waals surface area contributed by atoms with Gasteiger partial charge in [-0.1, -0.05) is 18.2 Å². The van der Waals surface area contributed by atoms with Crippen molar-refractivity contribution in [2.45, 2.75) is 51.4 Å². The van der Waals surface area contributed by atoms with E-state index in [1.54, 1.807) is 0 Å². The number of hydrogen-bond acceptors (Lipinski definition) is 4. The van der Waals surface area contributed by atoms with E-state index < -0.39 is 0 Å². The lowest BCUT2D eigenvalue weighted by molar-refractivity contribution is -0.0817. The molecule has 1 N–H and O–H groups in total. The SMILES string of the molecule is CCNC(=NCC(C)N1CCc2ccccc21)N1CCOC(C2CCCO2)C1.I. The van der Waals surface area contributed by atoms with Crippen molar-refractivity contribution in [2.75, 3.05) is 50.8 Å². The fourth-order valence-electron chi connectivity index (χ4n) is 4.55. The highest BCUT2D eigenvalue weighted by Gasteiger charge is 2.32. The molecule has 0 aromatic heterocycles. The van der Waals surface area contributed by atoms with Gasteiger partial charge in [0.05, 0.1) is 19.3 Å². The molecule has 6 nitrogen and oxygen atoms in total. The Balaban J connectivity index is 0.00000240. The summed E-state index contributed by atoms with van der Waals surface area (Å²) >= 11 is 0. The number of anilines is 1. The molecule has 162 valence electrons. The second kappa shape index (κ2) is 10.8. The lowest BCUT2D eigenvalue weighted by atomic mass is 10.1. The maximum Gasteiger partial charge on any atom is 0.194 e. The van der Waals surface area contributed by atoms with Crippen LogP contribution in [0.3, 0.4) is 0 Å². The molecule has 2 saturated heterocycles. The van der Waals surface area contributed by atoms with Crippen LogP contribution >= 0.6 is 24.0 Å². The highest BCUT2D eigenvalue weighted by atomic mass is 127. The van der Waals surface area contributed by atoms with E-state index in [1.807, 2.05) is 0 Å². The third kappa shape index (κ3) is 5.35. The zero-order valence-electron chi connectivity index (χ0n) is 17.7. The summed E-state index contributed by atoms with van der Waals surface area (Å²) in [5.74, 6) is 1.01. The fourth-order valence-corrected chi connectivity index (χ4v) is 4.55. The Morgan fingerprint density at radius 3 is 2.83 bits per heavy atom. The molecule has 0 spiro atoms. The van der Waals surface area contributed by atoms with Crippen LogP contribution in [-0.2, 0) is 15.9 Å². The molecule has 1 aromatic rings. The number of fused-ring (bicyclic) bond motifs is 1. The predicted molar refractivity (Wildman–Crippen MR) is 129 cm³/mol. The summed E-state index contributed by atoms with van der Waals surface area (Å²) in [4.78, 5) is 9.86. The van der Waals surface area contributed by atoms with Gasteiger partial charge in [-0.3, -0.25) is 4.99 Å². The standard InChI is InChI=1S/C22H34N4O2.HI/c1-3-23-22(25-12-14-28-21(16-25)20-9-6-13-27-20)24-15-17(2)26-11-10-18-7-4-5-8-19(18)26;/h4-5,7-8,17,20-21H,3,6,9-16H2,1-2H3,(H,23,24);1H. The molecular weight excluding hydrogens is 479 g/mol. The predicted octanol–water partition coefficient (Wildman–Crippen LogP) is 2.90. The number of para-hydroxylation sites is 1. The molecule has 1 aromatic carbocycles. The van der Waals surface area contributed by atoms with Gasteiger partial charge in [0, 0.05) is 44.5 Å². The van der Waals surface area contributed by atoms with Gasteiger partial charge in [-0.2, -0.15) is 0 Å². The van der Waals surface area contributed by atoms with Crippen molar-refractivity contribution in [1.29, 1.82) is 0 Å². The molecule has 0 amide bonds. The van der Waals surface area contributed by atoms with Crippen LogP contribution in [0.25, 0.3) is 0 Å². The quantitative estimate of drug-likeness (QED) is 0.372. The van der Waals surface area contributed by atoms with Crippen LogP contribution in [0.1, 0.15) is 32.3 Å². The van der Waals surface area contributed by atoms with Crippen LogP contribution in [-0.4, -0.2) is 75.0 Å². The Kier molecular flexibility index (Phi) is 8.44. The minimum absolute atomic E-state index is 0. The van der Waals surface area contributed by atoms with Crippen LogP contribution in [0, 0.1) is 0 Å². The topological polar surface area (TPSA) is 49.3 Å². The maximum absolute atomic E-state index is 6.01. The molecule has 4 rings (SSSR count). The Labute approximate surface area is 192 Å². The van der Waals surface area contributed by atoms with E-state index in [4.69, 9.17) is 14.5 Å². The molecule has 2 fully saturated rings. The van der Waals surface area contributed by atoms with Gasteiger partial charge in [-0.15, -0.1) is 24.0 Å².